The lowest BCUT2D eigenvalue weighted by Gasteiger charge is -2.33. The Morgan fingerprint density at radius 1 is 1.38 bits per heavy atom. The highest BCUT2D eigenvalue weighted by Crippen LogP contribution is 2.44. The average Bonchev–Trinajstić information content (AvgIpc) is 3.02. The molecule has 0 spiro atoms. The molecule has 154 valence electrons. The van der Waals surface area contributed by atoms with E-state index < -0.39 is 16.9 Å². The van der Waals surface area contributed by atoms with Crippen molar-refractivity contribution in [2.45, 2.75) is 31.6 Å². The number of amidine groups is 1. The van der Waals surface area contributed by atoms with Gasteiger partial charge in [0.05, 0.1) is 34.1 Å². The van der Waals surface area contributed by atoms with E-state index in [0.717, 1.165) is 0 Å². The van der Waals surface area contributed by atoms with Gasteiger partial charge in [0, 0.05) is 19.2 Å². The smallest absolute Gasteiger partial charge is 0.338 e. The molecule has 1 saturated heterocycles. The van der Waals surface area contributed by atoms with Gasteiger partial charge in [0.1, 0.15) is 6.61 Å². The van der Waals surface area contributed by atoms with Gasteiger partial charge < -0.3 is 9.47 Å². The number of hydrogen-bond acceptors (Lipinski definition) is 8. The molecule has 0 bridgehead atoms. The number of non-ortho nitro benzene ring substituents is 1. The maximum atomic E-state index is 13.0. The summed E-state index contributed by atoms with van der Waals surface area (Å²) in [5, 5.41) is 11.4. The maximum Gasteiger partial charge on any atom is 0.338 e. The Morgan fingerprint density at radius 2 is 2.14 bits per heavy atom. The van der Waals surface area contributed by atoms with E-state index >= 15 is 0 Å². The first-order chi connectivity index (χ1) is 13.9. The second-order valence-corrected chi connectivity index (χ2v) is 7.67. The van der Waals surface area contributed by atoms with Gasteiger partial charge >= 0.3 is 5.97 Å². The number of nitro groups is 1. The number of rotatable bonds is 7. The number of carbonyl (C=O) groups is 2. The van der Waals surface area contributed by atoms with Crippen molar-refractivity contribution >= 4 is 34.5 Å². The Morgan fingerprint density at radius 3 is 2.79 bits per heavy atom. The van der Waals surface area contributed by atoms with Gasteiger partial charge in [-0.15, -0.1) is 0 Å². The number of aliphatic imine (C=N–C) groups is 1. The molecule has 1 aromatic rings. The summed E-state index contributed by atoms with van der Waals surface area (Å²) in [5.74, 6) is -0.806. The summed E-state index contributed by atoms with van der Waals surface area (Å²) >= 11 is 1.34. The Hall–Kier alpha value is -2.72. The number of esters is 1. The van der Waals surface area contributed by atoms with Crippen molar-refractivity contribution in [3.05, 3.63) is 51.2 Å². The Labute approximate surface area is 171 Å². The molecule has 2 heterocycles. The van der Waals surface area contributed by atoms with E-state index in [2.05, 4.69) is 4.99 Å². The Kier molecular flexibility index (Phi) is 6.33. The summed E-state index contributed by atoms with van der Waals surface area (Å²) in [6.45, 7) is 3.85. The summed E-state index contributed by atoms with van der Waals surface area (Å²) in [4.78, 5) is 42.5. The number of allylic oxidation sites excluding steroid dienone is 1. The van der Waals surface area contributed by atoms with E-state index in [-0.39, 0.29) is 35.6 Å². The zero-order valence-corrected chi connectivity index (χ0v) is 17.1. The number of ether oxygens (including phenoxy) is 2. The van der Waals surface area contributed by atoms with Crippen LogP contribution < -0.4 is 0 Å². The fraction of sp³-hybridized carbons (Fsp3) is 0.421. The number of hydrogen-bond donors (Lipinski definition) is 0. The molecular formula is C19H21N3O6S. The lowest BCUT2D eigenvalue weighted by Crippen LogP contribution is -2.41. The van der Waals surface area contributed by atoms with Crippen LogP contribution in [0.15, 0.2) is 40.5 Å². The third-order valence-electron chi connectivity index (χ3n) is 4.66. The van der Waals surface area contributed by atoms with Crippen LogP contribution in [0.25, 0.3) is 0 Å². The monoisotopic (exact) mass is 419 g/mol. The molecule has 10 heteroatoms. The topological polar surface area (TPSA) is 111 Å². The Bertz CT molecular complexity index is 913. The van der Waals surface area contributed by atoms with Gasteiger partial charge in [-0.05, 0) is 18.9 Å². The van der Waals surface area contributed by atoms with E-state index in [1.54, 1.807) is 13.0 Å². The van der Waals surface area contributed by atoms with E-state index in [4.69, 9.17) is 9.47 Å². The Balaban J connectivity index is 2.09. The minimum atomic E-state index is -0.839. The first kappa shape index (κ1) is 21.0. The molecule has 9 nitrogen and oxygen atoms in total. The van der Waals surface area contributed by atoms with Crippen molar-refractivity contribution in [1.82, 2.24) is 4.90 Å². The van der Waals surface area contributed by atoms with Crippen LogP contribution in [0.2, 0.25) is 0 Å². The zero-order chi connectivity index (χ0) is 21.1. The van der Waals surface area contributed by atoms with Crippen molar-refractivity contribution in [2.24, 2.45) is 4.99 Å². The lowest BCUT2D eigenvalue weighted by molar-refractivity contribution is -0.384. The fourth-order valence-corrected chi connectivity index (χ4v) is 4.40. The number of fused-ring (bicyclic) bond motifs is 1. The van der Waals surface area contributed by atoms with Crippen molar-refractivity contribution in [3.63, 3.8) is 0 Å². The number of amides is 1. The number of carbonyl (C=O) groups excluding carboxylic acids is 2. The van der Waals surface area contributed by atoms with Crippen LogP contribution in [0.4, 0.5) is 5.69 Å². The first-order valence-electron chi connectivity index (χ1n) is 9.08. The van der Waals surface area contributed by atoms with Gasteiger partial charge in [-0.25, -0.2) is 9.79 Å². The number of thioether (sulfide) groups is 1. The average molecular weight is 419 g/mol. The molecule has 1 fully saturated rings. The SMILES string of the molecule is CC[C@@H]1SC2=NC(C)=C(C(=O)OCCOC)[C@@H](c3cccc([N+](=O)[O-])c3)N2C1=O. The predicted octanol–water partition coefficient (Wildman–Crippen LogP) is 2.82. The molecule has 0 aromatic heterocycles. The van der Waals surface area contributed by atoms with Crippen molar-refractivity contribution < 1.29 is 24.0 Å². The molecule has 0 radical (unpaired) electrons. The number of methoxy groups -OCH3 is 1. The van der Waals surface area contributed by atoms with Gasteiger partial charge in [0.15, 0.2) is 5.17 Å². The highest BCUT2D eigenvalue weighted by atomic mass is 32.2. The second-order valence-electron chi connectivity index (χ2n) is 6.50. The molecule has 1 amide bonds. The van der Waals surface area contributed by atoms with Gasteiger partial charge in [-0.1, -0.05) is 30.8 Å². The molecule has 29 heavy (non-hydrogen) atoms. The third-order valence-corrected chi connectivity index (χ3v) is 5.98. The fourth-order valence-electron chi connectivity index (χ4n) is 3.27. The van der Waals surface area contributed by atoms with Gasteiger partial charge in [0.25, 0.3) is 5.69 Å². The van der Waals surface area contributed by atoms with Crippen molar-refractivity contribution in [2.75, 3.05) is 20.3 Å². The second kappa shape index (κ2) is 8.75. The molecule has 0 aliphatic carbocycles. The molecule has 0 saturated carbocycles. The molecule has 2 aliphatic rings. The molecular weight excluding hydrogens is 398 g/mol. The van der Waals surface area contributed by atoms with Crippen LogP contribution in [0.3, 0.4) is 0 Å². The summed E-state index contributed by atoms with van der Waals surface area (Å²) < 4.78 is 10.2. The quantitative estimate of drug-likeness (QED) is 0.289. The van der Waals surface area contributed by atoms with Gasteiger partial charge in [-0.2, -0.15) is 0 Å². The van der Waals surface area contributed by atoms with E-state index in [1.165, 1.54) is 42.0 Å². The van der Waals surface area contributed by atoms with Gasteiger partial charge in [-0.3, -0.25) is 19.8 Å². The summed E-state index contributed by atoms with van der Waals surface area (Å²) in [5.41, 5.74) is 0.946. The molecule has 2 aliphatic heterocycles. The highest BCUT2D eigenvalue weighted by Gasteiger charge is 2.47. The van der Waals surface area contributed by atoms with Crippen LogP contribution in [-0.4, -0.2) is 52.4 Å². The van der Waals surface area contributed by atoms with Crippen LogP contribution in [0, 0.1) is 10.1 Å². The number of nitro benzene ring substituents is 1. The highest BCUT2D eigenvalue weighted by molar-refractivity contribution is 8.15. The number of nitrogens with zero attached hydrogens (tertiary/aromatic N) is 3. The maximum absolute atomic E-state index is 13.0. The normalized spacial score (nSPS) is 21.1. The van der Waals surface area contributed by atoms with Crippen molar-refractivity contribution in [1.29, 1.82) is 0 Å². The first-order valence-corrected chi connectivity index (χ1v) is 9.96. The minimum absolute atomic E-state index is 0.0463. The molecule has 0 N–H and O–H groups in total. The van der Waals surface area contributed by atoms with Gasteiger partial charge in [0.2, 0.25) is 5.91 Å². The predicted molar refractivity (Wildman–Crippen MR) is 107 cm³/mol. The molecule has 2 atom stereocenters. The van der Waals surface area contributed by atoms with E-state index in [9.17, 15) is 19.7 Å². The summed E-state index contributed by atoms with van der Waals surface area (Å²) in [6, 6.07) is 5.10. The molecule has 1 aromatic carbocycles. The summed E-state index contributed by atoms with van der Waals surface area (Å²) in [6.07, 6.45) is 0.605. The number of benzene rings is 1. The third kappa shape index (κ3) is 4.03. The van der Waals surface area contributed by atoms with Crippen LogP contribution >= 0.6 is 11.8 Å². The standard InChI is InChI=1S/C19H21N3O6S/c1-4-14-17(23)21-16(12-6-5-7-13(10-12)22(25)26)15(11(2)20-19(21)29-14)18(24)28-9-8-27-3/h5-7,10,14,16H,4,8-9H2,1-3H3/t14-,16+/m0/s1. The van der Waals surface area contributed by atoms with E-state index in [1.807, 2.05) is 6.92 Å². The molecule has 0 unspecified atom stereocenters. The van der Waals surface area contributed by atoms with Crippen molar-refractivity contribution in [3.8, 4) is 0 Å². The lowest BCUT2D eigenvalue weighted by atomic mass is 9.94. The largest absolute Gasteiger partial charge is 0.460 e. The zero-order valence-electron chi connectivity index (χ0n) is 16.3. The van der Waals surface area contributed by atoms with Crippen LogP contribution in [-0.2, 0) is 19.1 Å². The minimum Gasteiger partial charge on any atom is -0.460 e. The summed E-state index contributed by atoms with van der Waals surface area (Å²) in [7, 11) is 1.49. The van der Waals surface area contributed by atoms with E-state index in [0.29, 0.717) is 22.8 Å². The molecule has 3 rings (SSSR count). The van der Waals surface area contributed by atoms with Crippen LogP contribution in [0.5, 0.6) is 0 Å². The van der Waals surface area contributed by atoms with Crippen LogP contribution in [0.1, 0.15) is 31.9 Å².